The quantitative estimate of drug-likeness (QED) is 0.753. The zero-order valence-corrected chi connectivity index (χ0v) is 14.2. The second kappa shape index (κ2) is 5.38. The van der Waals surface area contributed by atoms with E-state index < -0.39 is 0 Å². The molecule has 1 aromatic carbocycles. The summed E-state index contributed by atoms with van der Waals surface area (Å²) in [7, 11) is 0. The van der Waals surface area contributed by atoms with Crippen LogP contribution in [0.5, 0.6) is 0 Å². The van der Waals surface area contributed by atoms with Crippen LogP contribution in [0.15, 0.2) is 24.3 Å². The Balaban J connectivity index is 2.03. The number of aromatic amines is 1. The van der Waals surface area contributed by atoms with E-state index in [1.165, 1.54) is 6.92 Å². The Labute approximate surface area is 138 Å². The van der Waals surface area contributed by atoms with Crippen LogP contribution in [-0.2, 0) is 10.2 Å². The molecular weight excluding hydrogens is 314 g/mol. The van der Waals surface area contributed by atoms with Crippen LogP contribution in [0.25, 0.3) is 17.0 Å². The first-order valence-corrected chi connectivity index (χ1v) is 7.66. The lowest BCUT2D eigenvalue weighted by Crippen LogP contribution is -2.13. The first-order chi connectivity index (χ1) is 10.8. The average Bonchev–Trinajstić information content (AvgIpc) is 2.98. The van der Waals surface area contributed by atoms with Gasteiger partial charge in [0.05, 0.1) is 5.69 Å². The number of aromatic nitrogens is 4. The van der Waals surface area contributed by atoms with E-state index in [1.807, 2.05) is 24.3 Å². The monoisotopic (exact) mass is 331 g/mol. The zero-order chi connectivity index (χ0) is 16.8. The van der Waals surface area contributed by atoms with Gasteiger partial charge in [-0.2, -0.15) is 4.63 Å². The van der Waals surface area contributed by atoms with Gasteiger partial charge in [-0.05, 0) is 12.1 Å². The summed E-state index contributed by atoms with van der Waals surface area (Å²) >= 11 is 6.43. The Morgan fingerprint density at radius 1 is 1.35 bits per heavy atom. The van der Waals surface area contributed by atoms with Crippen molar-refractivity contribution in [3.8, 4) is 11.4 Å². The van der Waals surface area contributed by atoms with E-state index in [1.54, 1.807) is 4.63 Å². The molecule has 7 heteroatoms. The van der Waals surface area contributed by atoms with Crippen LogP contribution in [0.3, 0.4) is 0 Å². The molecule has 0 spiro atoms. The van der Waals surface area contributed by atoms with Crippen molar-refractivity contribution in [3.63, 3.8) is 0 Å². The van der Waals surface area contributed by atoms with Crippen LogP contribution < -0.4 is 5.32 Å². The van der Waals surface area contributed by atoms with Gasteiger partial charge < -0.3 is 5.32 Å². The van der Waals surface area contributed by atoms with Crippen LogP contribution in [0.4, 0.5) is 5.69 Å². The van der Waals surface area contributed by atoms with Gasteiger partial charge in [0.2, 0.25) is 5.91 Å². The lowest BCUT2D eigenvalue weighted by molar-refractivity contribution is -0.114. The topological polar surface area (TPSA) is 75.1 Å². The van der Waals surface area contributed by atoms with Gasteiger partial charge >= 0.3 is 0 Å². The normalized spacial score (nSPS) is 11.9. The van der Waals surface area contributed by atoms with Crippen molar-refractivity contribution in [1.29, 1.82) is 0 Å². The van der Waals surface area contributed by atoms with Crippen molar-refractivity contribution in [2.24, 2.45) is 0 Å². The largest absolute Gasteiger partial charge is 0.326 e. The fourth-order valence-corrected chi connectivity index (χ4v) is 2.81. The fourth-order valence-electron chi connectivity index (χ4n) is 2.36. The third-order valence-corrected chi connectivity index (χ3v) is 3.79. The van der Waals surface area contributed by atoms with Gasteiger partial charge in [-0.1, -0.05) is 44.5 Å². The van der Waals surface area contributed by atoms with Gasteiger partial charge in [-0.15, -0.1) is 5.10 Å². The first-order valence-electron chi connectivity index (χ1n) is 7.28. The molecule has 0 aliphatic carbocycles. The number of halogens is 1. The maximum Gasteiger partial charge on any atom is 0.221 e. The maximum absolute atomic E-state index is 11.2. The van der Waals surface area contributed by atoms with Gasteiger partial charge in [-0.3, -0.25) is 9.89 Å². The Morgan fingerprint density at radius 2 is 2.09 bits per heavy atom. The molecule has 0 unspecified atom stereocenters. The molecule has 0 saturated carbocycles. The number of amides is 1. The third-order valence-electron chi connectivity index (χ3n) is 3.43. The van der Waals surface area contributed by atoms with Gasteiger partial charge in [0, 0.05) is 23.6 Å². The van der Waals surface area contributed by atoms with Gasteiger partial charge in [0.25, 0.3) is 0 Å². The Bertz CT molecular complexity index is 888. The van der Waals surface area contributed by atoms with E-state index in [9.17, 15) is 4.79 Å². The average molecular weight is 332 g/mol. The zero-order valence-electron chi connectivity index (χ0n) is 13.4. The van der Waals surface area contributed by atoms with Crippen molar-refractivity contribution in [2.75, 3.05) is 5.32 Å². The van der Waals surface area contributed by atoms with Crippen molar-refractivity contribution in [2.45, 2.75) is 33.1 Å². The van der Waals surface area contributed by atoms with Crippen LogP contribution in [0.2, 0.25) is 5.02 Å². The molecule has 0 fully saturated rings. The van der Waals surface area contributed by atoms with E-state index in [0.29, 0.717) is 22.2 Å². The predicted octanol–water partition coefficient (Wildman–Crippen LogP) is 3.63. The number of fused-ring (bicyclic) bond motifs is 1. The van der Waals surface area contributed by atoms with Crippen molar-refractivity contribution >= 4 is 28.8 Å². The fraction of sp³-hybridized carbons (Fsp3) is 0.312. The number of nitrogens with zero attached hydrogens (tertiary/aromatic N) is 3. The molecule has 0 aliphatic heterocycles. The predicted molar refractivity (Wildman–Crippen MR) is 90.8 cm³/mol. The van der Waals surface area contributed by atoms with E-state index >= 15 is 0 Å². The number of carbonyl (C=O) groups is 1. The van der Waals surface area contributed by atoms with E-state index in [-0.39, 0.29) is 11.3 Å². The van der Waals surface area contributed by atoms with Gasteiger partial charge in [-0.25, -0.2) is 4.98 Å². The highest BCUT2D eigenvalue weighted by Gasteiger charge is 2.24. The summed E-state index contributed by atoms with van der Waals surface area (Å²) in [5, 5.41) is 11.0. The highest BCUT2D eigenvalue weighted by atomic mass is 35.5. The van der Waals surface area contributed by atoms with E-state index in [4.69, 9.17) is 11.6 Å². The minimum absolute atomic E-state index is 0.120. The Hall–Kier alpha value is -2.34. The van der Waals surface area contributed by atoms with Gasteiger partial charge in [0.1, 0.15) is 5.02 Å². The summed E-state index contributed by atoms with van der Waals surface area (Å²) in [5.74, 6) is 0.427. The number of carbonyl (C=O) groups excluding carboxylic acids is 1. The van der Waals surface area contributed by atoms with Gasteiger partial charge in [0.15, 0.2) is 11.5 Å². The smallest absolute Gasteiger partial charge is 0.221 e. The number of nitrogens with one attached hydrogen (secondary N) is 2. The Morgan fingerprint density at radius 3 is 2.70 bits per heavy atom. The lowest BCUT2D eigenvalue weighted by Gasteiger charge is -2.16. The summed E-state index contributed by atoms with van der Waals surface area (Å²) in [6, 6.07) is 7.38. The number of hydrogen-bond acceptors (Lipinski definition) is 3. The second-order valence-electron chi connectivity index (χ2n) is 6.48. The first kappa shape index (κ1) is 15.6. The molecule has 0 saturated heterocycles. The molecule has 2 N–H and O–H groups in total. The summed E-state index contributed by atoms with van der Waals surface area (Å²) in [5.41, 5.74) is 2.88. The number of hydrogen-bond donors (Lipinski definition) is 2. The number of benzene rings is 1. The standard InChI is InChI=1S/C16H18ClN5O/c1-9(23)18-11-7-5-6-10(8-11)14-19-15-12(17)13(16(2,3)4)20-22(15)21-14/h5-8,20H,1-4H3,(H,18,23). The van der Waals surface area contributed by atoms with Crippen molar-refractivity contribution < 1.29 is 4.79 Å². The van der Waals surface area contributed by atoms with Crippen LogP contribution in [0, 0.1) is 0 Å². The highest BCUT2D eigenvalue weighted by Crippen LogP contribution is 2.32. The molecule has 3 aromatic rings. The molecule has 2 aromatic heterocycles. The lowest BCUT2D eigenvalue weighted by atomic mass is 9.92. The SMILES string of the molecule is CC(=O)Nc1cccc(-c2nc3c(Cl)c(C(C)(C)C)[nH]n3n2)c1. The summed E-state index contributed by atoms with van der Waals surface area (Å²) < 4.78 is 1.59. The number of rotatable bonds is 2. The molecule has 0 radical (unpaired) electrons. The summed E-state index contributed by atoms with van der Waals surface area (Å²) in [6.45, 7) is 7.69. The molecular formula is C16H18ClN5O. The van der Waals surface area contributed by atoms with Crippen LogP contribution in [0.1, 0.15) is 33.4 Å². The molecule has 6 nitrogen and oxygen atoms in total. The summed E-state index contributed by atoms with van der Waals surface area (Å²) in [6.07, 6.45) is 0. The molecule has 1 amide bonds. The minimum Gasteiger partial charge on any atom is -0.326 e. The second-order valence-corrected chi connectivity index (χ2v) is 6.86. The highest BCUT2D eigenvalue weighted by molar-refractivity contribution is 6.34. The summed E-state index contributed by atoms with van der Waals surface area (Å²) in [4.78, 5) is 15.7. The van der Waals surface area contributed by atoms with Crippen molar-refractivity contribution in [1.82, 2.24) is 19.8 Å². The number of anilines is 1. The maximum atomic E-state index is 11.2. The molecule has 0 aliphatic rings. The minimum atomic E-state index is -0.120. The Kier molecular flexibility index (Phi) is 3.64. The molecule has 0 atom stereocenters. The molecule has 23 heavy (non-hydrogen) atoms. The van der Waals surface area contributed by atoms with Crippen LogP contribution in [-0.4, -0.2) is 25.7 Å². The van der Waals surface area contributed by atoms with E-state index in [0.717, 1.165) is 11.3 Å². The molecule has 2 heterocycles. The van der Waals surface area contributed by atoms with E-state index in [2.05, 4.69) is 41.3 Å². The molecule has 120 valence electrons. The van der Waals surface area contributed by atoms with Crippen LogP contribution >= 0.6 is 11.6 Å². The number of H-pyrrole nitrogens is 1. The third kappa shape index (κ3) is 2.94. The van der Waals surface area contributed by atoms with Crippen molar-refractivity contribution in [3.05, 3.63) is 35.0 Å². The molecule has 3 rings (SSSR count). The molecule has 0 bridgehead atoms.